The third-order valence-electron chi connectivity index (χ3n) is 5.03. The Morgan fingerprint density at radius 1 is 1.36 bits per heavy atom. The molecule has 9 heteroatoms. The van der Waals surface area contributed by atoms with Gasteiger partial charge in [0, 0.05) is 25.1 Å². The smallest absolute Gasteiger partial charge is 0.226 e. The zero-order valence-corrected chi connectivity index (χ0v) is 16.9. The van der Waals surface area contributed by atoms with Crippen molar-refractivity contribution < 1.29 is 18.3 Å². The van der Waals surface area contributed by atoms with Crippen LogP contribution in [0.1, 0.15) is 37.2 Å². The van der Waals surface area contributed by atoms with Crippen molar-refractivity contribution in [3.63, 3.8) is 0 Å². The fourth-order valence-corrected chi connectivity index (χ4v) is 5.06. The quantitative estimate of drug-likeness (QED) is 0.739. The van der Waals surface area contributed by atoms with E-state index in [1.807, 2.05) is 0 Å². The second kappa shape index (κ2) is 8.55. The van der Waals surface area contributed by atoms with Crippen LogP contribution in [-0.2, 0) is 14.6 Å². The van der Waals surface area contributed by atoms with Gasteiger partial charge in [0.1, 0.15) is 0 Å². The SMILES string of the molecule is CS(=O)(=O)c1ccc(C(CC(=O)Nc2cnccn2)C2CCC(O)C2)cc1Cl. The topological polar surface area (TPSA) is 109 Å². The molecule has 1 aliphatic rings. The van der Waals surface area contributed by atoms with E-state index in [2.05, 4.69) is 15.3 Å². The van der Waals surface area contributed by atoms with Crippen LogP contribution in [-0.4, -0.2) is 41.8 Å². The van der Waals surface area contributed by atoms with Gasteiger partial charge >= 0.3 is 0 Å². The fourth-order valence-electron chi connectivity index (χ4n) is 3.72. The molecule has 3 unspecified atom stereocenters. The molecule has 2 N–H and O–H groups in total. The first-order valence-corrected chi connectivity index (χ1v) is 11.2. The summed E-state index contributed by atoms with van der Waals surface area (Å²) < 4.78 is 23.6. The van der Waals surface area contributed by atoms with Gasteiger partial charge in [0.05, 0.1) is 22.2 Å². The van der Waals surface area contributed by atoms with Crippen LogP contribution in [0.4, 0.5) is 5.82 Å². The summed E-state index contributed by atoms with van der Waals surface area (Å²) in [6.45, 7) is 0. The minimum absolute atomic E-state index is 0.0622. The van der Waals surface area contributed by atoms with Gasteiger partial charge in [0.25, 0.3) is 0 Å². The molecule has 28 heavy (non-hydrogen) atoms. The average molecular weight is 424 g/mol. The second-order valence-electron chi connectivity index (χ2n) is 7.14. The highest BCUT2D eigenvalue weighted by molar-refractivity contribution is 7.90. The molecule has 150 valence electrons. The average Bonchev–Trinajstić information content (AvgIpc) is 3.05. The largest absolute Gasteiger partial charge is 0.393 e. The first kappa shape index (κ1) is 20.7. The summed E-state index contributed by atoms with van der Waals surface area (Å²) in [4.78, 5) is 20.6. The van der Waals surface area contributed by atoms with Crippen LogP contribution in [0, 0.1) is 5.92 Å². The maximum atomic E-state index is 12.6. The fraction of sp³-hybridized carbons (Fsp3) is 0.421. The number of halogens is 1. The lowest BCUT2D eigenvalue weighted by molar-refractivity contribution is -0.116. The van der Waals surface area contributed by atoms with Crippen LogP contribution < -0.4 is 5.32 Å². The Kier molecular flexibility index (Phi) is 6.32. The molecule has 1 amide bonds. The van der Waals surface area contributed by atoms with Gasteiger partial charge in [-0.3, -0.25) is 9.78 Å². The van der Waals surface area contributed by atoms with E-state index >= 15 is 0 Å². The number of aliphatic hydroxyl groups excluding tert-OH is 1. The van der Waals surface area contributed by atoms with Crippen LogP contribution in [0.15, 0.2) is 41.7 Å². The molecule has 1 fully saturated rings. The van der Waals surface area contributed by atoms with E-state index < -0.39 is 9.84 Å². The molecule has 0 radical (unpaired) electrons. The Hall–Kier alpha value is -2.03. The van der Waals surface area contributed by atoms with Gasteiger partial charge in [-0.15, -0.1) is 0 Å². The van der Waals surface area contributed by atoms with Crippen LogP contribution in [0.5, 0.6) is 0 Å². The minimum atomic E-state index is -3.43. The van der Waals surface area contributed by atoms with Crippen molar-refractivity contribution in [3.8, 4) is 0 Å². The lowest BCUT2D eigenvalue weighted by atomic mass is 9.82. The number of hydrogen-bond donors (Lipinski definition) is 2. The Morgan fingerprint density at radius 3 is 2.71 bits per heavy atom. The predicted molar refractivity (Wildman–Crippen MR) is 106 cm³/mol. The number of carbonyl (C=O) groups is 1. The highest BCUT2D eigenvalue weighted by atomic mass is 35.5. The number of nitrogens with zero attached hydrogens (tertiary/aromatic N) is 2. The van der Waals surface area contributed by atoms with Crippen LogP contribution >= 0.6 is 11.6 Å². The van der Waals surface area contributed by atoms with Crippen molar-refractivity contribution in [2.45, 2.75) is 42.6 Å². The number of benzene rings is 1. The Bertz CT molecular complexity index is 953. The van der Waals surface area contributed by atoms with E-state index in [4.69, 9.17) is 11.6 Å². The van der Waals surface area contributed by atoms with Crippen molar-refractivity contribution in [3.05, 3.63) is 47.4 Å². The molecule has 1 aliphatic carbocycles. The highest BCUT2D eigenvalue weighted by Gasteiger charge is 2.33. The predicted octanol–water partition coefficient (Wildman–Crippen LogP) is 2.81. The first-order chi connectivity index (χ1) is 13.2. The molecule has 3 rings (SSSR count). The van der Waals surface area contributed by atoms with Crippen LogP contribution in [0.3, 0.4) is 0 Å². The Balaban J connectivity index is 1.85. The third-order valence-corrected chi connectivity index (χ3v) is 6.61. The number of sulfone groups is 1. The van der Waals surface area contributed by atoms with E-state index in [0.29, 0.717) is 18.7 Å². The van der Waals surface area contributed by atoms with Gasteiger partial charge in [0.15, 0.2) is 15.7 Å². The summed E-state index contributed by atoms with van der Waals surface area (Å²) in [5.41, 5.74) is 0.783. The van der Waals surface area contributed by atoms with E-state index in [9.17, 15) is 18.3 Å². The number of anilines is 1. The van der Waals surface area contributed by atoms with E-state index in [0.717, 1.165) is 18.2 Å². The maximum absolute atomic E-state index is 12.6. The number of rotatable bonds is 6. The third kappa shape index (κ3) is 5.06. The summed E-state index contributed by atoms with van der Waals surface area (Å²) in [7, 11) is -3.43. The zero-order chi connectivity index (χ0) is 20.3. The maximum Gasteiger partial charge on any atom is 0.226 e. The van der Waals surface area contributed by atoms with Crippen molar-refractivity contribution in [2.75, 3.05) is 11.6 Å². The molecular formula is C19H22ClN3O4S. The van der Waals surface area contributed by atoms with Gasteiger partial charge in [-0.2, -0.15) is 0 Å². The molecule has 0 bridgehead atoms. The van der Waals surface area contributed by atoms with Crippen molar-refractivity contribution in [2.24, 2.45) is 5.92 Å². The number of nitrogens with one attached hydrogen (secondary N) is 1. The van der Waals surface area contributed by atoms with E-state index in [-0.39, 0.29) is 40.2 Å². The summed E-state index contributed by atoms with van der Waals surface area (Å²) in [5, 5.41) is 12.8. The number of carbonyl (C=O) groups excluding carboxylic acids is 1. The standard InChI is InChI=1S/C19H22ClN3O4S/c1-28(26,27)17-5-3-13(9-16(17)20)15(12-2-4-14(24)8-12)10-19(25)23-18-11-21-6-7-22-18/h3,5-7,9,11-12,14-15,24H,2,4,8,10H2,1H3,(H,22,23,25). The van der Waals surface area contributed by atoms with Crippen LogP contribution in [0.2, 0.25) is 5.02 Å². The number of aromatic nitrogens is 2. The summed E-state index contributed by atoms with van der Waals surface area (Å²) in [5.74, 6) is 0.0426. The molecule has 3 atom stereocenters. The summed E-state index contributed by atoms with van der Waals surface area (Å²) in [6, 6.07) is 4.79. The van der Waals surface area contributed by atoms with Crippen LogP contribution in [0.25, 0.3) is 0 Å². The van der Waals surface area contributed by atoms with Gasteiger partial charge in [-0.05, 0) is 48.8 Å². The molecular weight excluding hydrogens is 402 g/mol. The molecule has 1 aromatic heterocycles. The number of amides is 1. The Morgan fingerprint density at radius 2 is 2.14 bits per heavy atom. The van der Waals surface area contributed by atoms with Crippen molar-refractivity contribution in [1.29, 1.82) is 0 Å². The molecule has 1 saturated carbocycles. The minimum Gasteiger partial charge on any atom is -0.393 e. The van der Waals surface area contributed by atoms with Gasteiger partial charge in [-0.25, -0.2) is 13.4 Å². The molecule has 7 nitrogen and oxygen atoms in total. The molecule has 1 aromatic carbocycles. The second-order valence-corrected chi connectivity index (χ2v) is 9.53. The molecule has 2 aromatic rings. The van der Waals surface area contributed by atoms with Gasteiger partial charge in [0.2, 0.25) is 5.91 Å². The van der Waals surface area contributed by atoms with Crippen molar-refractivity contribution in [1.82, 2.24) is 9.97 Å². The van der Waals surface area contributed by atoms with Crippen molar-refractivity contribution >= 4 is 33.2 Å². The normalized spacial score (nSPS) is 20.7. The zero-order valence-electron chi connectivity index (χ0n) is 15.4. The van der Waals surface area contributed by atoms with E-state index in [1.165, 1.54) is 24.7 Å². The highest BCUT2D eigenvalue weighted by Crippen LogP contribution is 2.41. The summed E-state index contributed by atoms with van der Waals surface area (Å²) in [6.07, 6.45) is 7.42. The molecule has 0 saturated heterocycles. The Labute approximate surface area is 169 Å². The lowest BCUT2D eigenvalue weighted by Crippen LogP contribution is -2.21. The number of hydrogen-bond acceptors (Lipinski definition) is 6. The molecule has 0 spiro atoms. The summed E-state index contributed by atoms with van der Waals surface area (Å²) >= 11 is 6.21. The first-order valence-electron chi connectivity index (χ1n) is 8.97. The lowest BCUT2D eigenvalue weighted by Gasteiger charge is -2.24. The number of aliphatic hydroxyl groups is 1. The van der Waals surface area contributed by atoms with E-state index in [1.54, 1.807) is 12.1 Å². The van der Waals surface area contributed by atoms with Gasteiger partial charge < -0.3 is 10.4 Å². The monoisotopic (exact) mass is 423 g/mol. The molecule has 0 aliphatic heterocycles. The van der Waals surface area contributed by atoms with Gasteiger partial charge in [-0.1, -0.05) is 17.7 Å². The molecule has 1 heterocycles.